The Bertz CT molecular complexity index is 1090. The first kappa shape index (κ1) is 20.1. The maximum atomic E-state index is 13.9. The number of urea groups is 1. The van der Waals surface area contributed by atoms with Crippen molar-refractivity contribution in [2.45, 2.75) is 26.2 Å². The minimum absolute atomic E-state index is 0.183. The fourth-order valence-electron chi connectivity index (χ4n) is 3.39. The van der Waals surface area contributed by atoms with Crippen LogP contribution in [0.1, 0.15) is 31.4 Å². The molecule has 0 radical (unpaired) electrons. The van der Waals surface area contributed by atoms with Crippen molar-refractivity contribution < 1.29 is 13.7 Å². The smallest absolute Gasteiger partial charge is 0.330 e. The normalized spacial score (nSPS) is 13.8. The maximum Gasteiger partial charge on any atom is 0.330 e. The molecule has 3 aromatic rings. The summed E-state index contributed by atoms with van der Waals surface area (Å²) in [4.78, 5) is 27.4. The average Bonchev–Trinajstić information content (AvgIpc) is 3.35. The zero-order valence-electron chi connectivity index (χ0n) is 16.4. The number of aryl methyl sites for hydroxylation is 1. The van der Waals surface area contributed by atoms with Gasteiger partial charge in [-0.2, -0.15) is 9.97 Å². The SMILES string of the molecule is C=C1c2[nH]c(Cl)nc2N(CC)C(=O)N1CCCCc1nc(-c2ccccc2F)no1. The summed E-state index contributed by atoms with van der Waals surface area (Å²) in [6.07, 6.45) is 1.92. The predicted octanol–water partition coefficient (Wildman–Crippen LogP) is 4.51. The number of anilines is 1. The van der Waals surface area contributed by atoms with E-state index in [0.717, 1.165) is 0 Å². The molecule has 0 atom stereocenters. The number of H-pyrrole nitrogens is 1. The Balaban J connectivity index is 1.36. The molecule has 0 spiro atoms. The third kappa shape index (κ3) is 3.68. The van der Waals surface area contributed by atoms with Crippen LogP contribution in [0.25, 0.3) is 17.1 Å². The molecule has 4 rings (SSSR count). The molecule has 0 fully saturated rings. The highest BCUT2D eigenvalue weighted by Gasteiger charge is 2.34. The van der Waals surface area contributed by atoms with Gasteiger partial charge >= 0.3 is 6.03 Å². The van der Waals surface area contributed by atoms with E-state index in [1.807, 2.05) is 6.92 Å². The minimum Gasteiger partial charge on any atom is -0.339 e. The number of imidazole rings is 1. The Hall–Kier alpha value is -3.20. The highest BCUT2D eigenvalue weighted by atomic mass is 35.5. The summed E-state index contributed by atoms with van der Waals surface area (Å²) in [6.45, 7) is 6.84. The second-order valence-electron chi connectivity index (χ2n) is 6.80. The Labute approximate surface area is 177 Å². The molecular formula is C20H20ClFN6O2. The molecular weight excluding hydrogens is 411 g/mol. The van der Waals surface area contributed by atoms with Crippen LogP contribution in [0.15, 0.2) is 35.4 Å². The van der Waals surface area contributed by atoms with Gasteiger partial charge in [-0.15, -0.1) is 0 Å². The molecule has 0 bridgehead atoms. The lowest BCUT2D eigenvalue weighted by Crippen LogP contribution is -2.46. The molecule has 3 heterocycles. The van der Waals surface area contributed by atoms with Gasteiger partial charge in [-0.1, -0.05) is 23.9 Å². The first-order valence-electron chi connectivity index (χ1n) is 9.61. The second-order valence-corrected chi connectivity index (χ2v) is 7.16. The summed E-state index contributed by atoms with van der Waals surface area (Å²) in [5, 5.41) is 4.07. The van der Waals surface area contributed by atoms with Gasteiger partial charge < -0.3 is 9.51 Å². The van der Waals surface area contributed by atoms with Gasteiger partial charge in [0.2, 0.25) is 17.0 Å². The monoisotopic (exact) mass is 430 g/mol. The van der Waals surface area contributed by atoms with E-state index in [1.165, 1.54) is 6.07 Å². The van der Waals surface area contributed by atoms with Crippen LogP contribution in [0.3, 0.4) is 0 Å². The molecule has 1 aromatic carbocycles. The van der Waals surface area contributed by atoms with Gasteiger partial charge in [0.15, 0.2) is 5.82 Å². The molecule has 0 saturated heterocycles. The number of halogens is 2. The summed E-state index contributed by atoms with van der Waals surface area (Å²) in [5.74, 6) is 0.755. The van der Waals surface area contributed by atoms with Gasteiger partial charge in [0.05, 0.1) is 11.3 Å². The largest absolute Gasteiger partial charge is 0.339 e. The number of rotatable bonds is 7. The van der Waals surface area contributed by atoms with Crippen LogP contribution >= 0.6 is 11.6 Å². The van der Waals surface area contributed by atoms with Crippen molar-refractivity contribution in [3.63, 3.8) is 0 Å². The quantitative estimate of drug-likeness (QED) is 0.557. The zero-order valence-corrected chi connectivity index (χ0v) is 17.1. The zero-order chi connectivity index (χ0) is 21.3. The Morgan fingerprint density at radius 1 is 1.23 bits per heavy atom. The number of hydrogen-bond donors (Lipinski definition) is 1. The molecule has 2 amide bonds. The van der Waals surface area contributed by atoms with Crippen molar-refractivity contribution in [2.24, 2.45) is 0 Å². The van der Waals surface area contributed by atoms with Crippen molar-refractivity contribution in [1.29, 1.82) is 0 Å². The van der Waals surface area contributed by atoms with Gasteiger partial charge in [-0.25, -0.2) is 9.18 Å². The standard InChI is InChI=1S/C20H20ClFN6O2/c1-3-27-18-16(24-19(21)25-18)12(2)28(20(27)29)11-7-6-10-15-23-17(26-30-15)13-8-4-5-9-14(13)22/h4-5,8-9H,2-3,6-7,10-11H2,1H3,(H,24,25). The molecule has 0 aliphatic carbocycles. The number of carbonyl (C=O) groups excluding carboxylic acids is 1. The predicted molar refractivity (Wildman–Crippen MR) is 110 cm³/mol. The van der Waals surface area contributed by atoms with Gasteiger partial charge in [0, 0.05) is 19.5 Å². The van der Waals surface area contributed by atoms with Crippen LogP contribution in [0.2, 0.25) is 5.28 Å². The lowest BCUT2D eigenvalue weighted by Gasteiger charge is -2.35. The number of nitrogens with zero attached hydrogens (tertiary/aromatic N) is 5. The molecule has 1 aliphatic rings. The van der Waals surface area contributed by atoms with E-state index in [2.05, 4.69) is 26.7 Å². The number of nitrogens with one attached hydrogen (secondary N) is 1. The molecule has 2 aromatic heterocycles. The van der Waals surface area contributed by atoms with E-state index in [0.29, 0.717) is 61.0 Å². The fourth-order valence-corrected chi connectivity index (χ4v) is 3.56. The maximum absolute atomic E-state index is 13.9. The number of carbonyl (C=O) groups is 1. The number of benzene rings is 1. The third-order valence-electron chi connectivity index (χ3n) is 4.91. The van der Waals surface area contributed by atoms with Crippen molar-refractivity contribution in [3.05, 3.63) is 53.5 Å². The molecule has 8 nitrogen and oxygen atoms in total. The highest BCUT2D eigenvalue weighted by Crippen LogP contribution is 2.34. The molecule has 156 valence electrons. The first-order chi connectivity index (χ1) is 14.5. The molecule has 1 N–H and O–H groups in total. The van der Waals surface area contributed by atoms with E-state index in [9.17, 15) is 9.18 Å². The summed E-state index contributed by atoms with van der Waals surface area (Å²) in [5.41, 5.74) is 1.49. The number of aromatic nitrogens is 4. The van der Waals surface area contributed by atoms with Crippen LogP contribution in [0.5, 0.6) is 0 Å². The molecule has 0 saturated carbocycles. The van der Waals surface area contributed by atoms with E-state index in [1.54, 1.807) is 28.0 Å². The van der Waals surface area contributed by atoms with E-state index >= 15 is 0 Å². The van der Waals surface area contributed by atoms with Crippen LogP contribution in [0.4, 0.5) is 15.0 Å². The Morgan fingerprint density at radius 3 is 2.80 bits per heavy atom. The molecule has 0 unspecified atom stereocenters. The lowest BCUT2D eigenvalue weighted by atomic mass is 10.2. The number of aromatic amines is 1. The summed E-state index contributed by atoms with van der Waals surface area (Å²) in [6, 6.07) is 6.10. The highest BCUT2D eigenvalue weighted by molar-refractivity contribution is 6.28. The van der Waals surface area contributed by atoms with E-state index < -0.39 is 5.82 Å². The Kier molecular flexibility index (Phi) is 5.54. The van der Waals surface area contributed by atoms with Crippen molar-refractivity contribution in [3.8, 4) is 11.4 Å². The van der Waals surface area contributed by atoms with Gasteiger partial charge in [0.25, 0.3) is 0 Å². The Morgan fingerprint density at radius 2 is 2.03 bits per heavy atom. The molecule has 1 aliphatic heterocycles. The van der Waals surface area contributed by atoms with E-state index in [-0.39, 0.29) is 17.1 Å². The minimum atomic E-state index is -0.397. The van der Waals surface area contributed by atoms with Crippen molar-refractivity contribution >= 4 is 29.1 Å². The lowest BCUT2D eigenvalue weighted by molar-refractivity contribution is 0.222. The van der Waals surface area contributed by atoms with Crippen molar-refractivity contribution in [1.82, 2.24) is 25.0 Å². The number of amides is 2. The summed E-state index contributed by atoms with van der Waals surface area (Å²) < 4.78 is 19.1. The molecule has 30 heavy (non-hydrogen) atoms. The summed E-state index contributed by atoms with van der Waals surface area (Å²) >= 11 is 5.97. The van der Waals surface area contributed by atoms with Crippen LogP contribution < -0.4 is 4.90 Å². The number of hydrogen-bond acceptors (Lipinski definition) is 5. The van der Waals surface area contributed by atoms with Gasteiger partial charge in [0.1, 0.15) is 11.5 Å². The third-order valence-corrected chi connectivity index (χ3v) is 5.09. The van der Waals surface area contributed by atoms with Crippen LogP contribution in [0, 0.1) is 5.82 Å². The molecule has 10 heteroatoms. The second kappa shape index (κ2) is 8.27. The fraction of sp³-hybridized carbons (Fsp3) is 0.300. The first-order valence-corrected chi connectivity index (χ1v) is 9.98. The van der Waals surface area contributed by atoms with Crippen LogP contribution in [-0.4, -0.2) is 44.1 Å². The average molecular weight is 431 g/mol. The van der Waals surface area contributed by atoms with Gasteiger partial charge in [-0.3, -0.25) is 9.80 Å². The van der Waals surface area contributed by atoms with E-state index in [4.69, 9.17) is 16.1 Å². The topological polar surface area (TPSA) is 91.2 Å². The number of unbranched alkanes of at least 4 members (excludes halogenated alkanes) is 1. The van der Waals surface area contributed by atoms with Crippen molar-refractivity contribution in [2.75, 3.05) is 18.0 Å². The summed E-state index contributed by atoms with van der Waals surface area (Å²) in [7, 11) is 0. The number of fused-ring (bicyclic) bond motifs is 1. The van der Waals surface area contributed by atoms with Gasteiger partial charge in [-0.05, 0) is 43.5 Å². The van der Waals surface area contributed by atoms with Crippen LogP contribution in [-0.2, 0) is 6.42 Å².